The average Bonchev–Trinajstić information content (AvgIpc) is 2.49. The molecule has 0 fully saturated rings. The van der Waals surface area contributed by atoms with Gasteiger partial charge >= 0.3 is 0 Å². The van der Waals surface area contributed by atoms with Crippen molar-refractivity contribution in [3.8, 4) is 5.75 Å². The second-order valence-corrected chi connectivity index (χ2v) is 4.71. The number of carbonyl (C=O) groups excluding carboxylic acids is 1. The summed E-state index contributed by atoms with van der Waals surface area (Å²) in [5.74, 6) is 1.43. The van der Waals surface area contributed by atoms with Crippen LogP contribution in [-0.2, 0) is 0 Å². The molecule has 1 heterocycles. The first kappa shape index (κ1) is 14.8. The van der Waals surface area contributed by atoms with E-state index in [1.165, 1.54) is 0 Å². The Kier molecular flexibility index (Phi) is 4.72. The number of rotatable bonds is 5. The molecule has 1 aromatic carbocycles. The van der Waals surface area contributed by atoms with E-state index in [2.05, 4.69) is 10.3 Å². The third-order valence-electron chi connectivity index (χ3n) is 3.05. The van der Waals surface area contributed by atoms with Gasteiger partial charge in [-0.05, 0) is 49.7 Å². The highest BCUT2D eigenvalue weighted by atomic mass is 16.5. The van der Waals surface area contributed by atoms with Crippen molar-refractivity contribution in [3.63, 3.8) is 0 Å². The Balaban J connectivity index is 2.10. The van der Waals surface area contributed by atoms with Gasteiger partial charge in [0.05, 0.1) is 7.11 Å². The van der Waals surface area contributed by atoms with Crippen molar-refractivity contribution >= 4 is 11.6 Å². The summed E-state index contributed by atoms with van der Waals surface area (Å²) in [6.07, 6.45) is 3.28. The fraction of sp³-hybridized carbons (Fsp3) is 0.176. The van der Waals surface area contributed by atoms with Crippen LogP contribution in [0, 0.1) is 6.92 Å². The molecule has 0 aliphatic carbocycles. The fourth-order valence-electron chi connectivity index (χ4n) is 1.87. The SMILES string of the molecule is COc1ccc(C(=O)/C=C(\C)Nc2ncccc2C)cc1. The number of nitrogens with zero attached hydrogens (tertiary/aromatic N) is 1. The van der Waals surface area contributed by atoms with Crippen molar-refractivity contribution < 1.29 is 9.53 Å². The van der Waals surface area contributed by atoms with E-state index in [4.69, 9.17) is 4.74 Å². The molecule has 0 aliphatic heterocycles. The topological polar surface area (TPSA) is 51.2 Å². The molecule has 21 heavy (non-hydrogen) atoms. The van der Waals surface area contributed by atoms with Gasteiger partial charge in [0.15, 0.2) is 5.78 Å². The van der Waals surface area contributed by atoms with Crippen molar-refractivity contribution in [3.05, 3.63) is 65.5 Å². The van der Waals surface area contributed by atoms with Crippen LogP contribution in [0.3, 0.4) is 0 Å². The number of methoxy groups -OCH3 is 1. The highest BCUT2D eigenvalue weighted by Crippen LogP contribution is 2.14. The molecule has 0 saturated heterocycles. The Morgan fingerprint density at radius 2 is 1.95 bits per heavy atom. The molecule has 0 unspecified atom stereocenters. The molecule has 108 valence electrons. The number of aryl methyl sites for hydroxylation is 1. The second-order valence-electron chi connectivity index (χ2n) is 4.71. The van der Waals surface area contributed by atoms with Crippen LogP contribution in [0.25, 0.3) is 0 Å². The van der Waals surface area contributed by atoms with Crippen LogP contribution in [-0.4, -0.2) is 17.9 Å². The first-order valence-electron chi connectivity index (χ1n) is 6.65. The number of nitrogens with one attached hydrogen (secondary N) is 1. The van der Waals surface area contributed by atoms with Crippen LogP contribution in [0.5, 0.6) is 5.75 Å². The van der Waals surface area contributed by atoms with E-state index in [0.717, 1.165) is 22.8 Å². The summed E-state index contributed by atoms with van der Waals surface area (Å²) in [4.78, 5) is 16.4. The second kappa shape index (κ2) is 6.70. The molecule has 2 aromatic rings. The highest BCUT2D eigenvalue weighted by molar-refractivity contribution is 6.05. The van der Waals surface area contributed by atoms with Gasteiger partial charge in [-0.15, -0.1) is 0 Å². The molecule has 0 saturated carbocycles. The number of benzene rings is 1. The zero-order valence-electron chi connectivity index (χ0n) is 12.4. The zero-order chi connectivity index (χ0) is 15.2. The molecule has 0 spiro atoms. The van der Waals surface area contributed by atoms with Gasteiger partial charge in [0.25, 0.3) is 0 Å². The maximum absolute atomic E-state index is 12.2. The quantitative estimate of drug-likeness (QED) is 0.672. The van der Waals surface area contributed by atoms with Crippen LogP contribution >= 0.6 is 0 Å². The van der Waals surface area contributed by atoms with Gasteiger partial charge < -0.3 is 10.1 Å². The molecule has 4 nitrogen and oxygen atoms in total. The summed E-state index contributed by atoms with van der Waals surface area (Å²) in [5.41, 5.74) is 2.40. The standard InChI is InChI=1S/C17H18N2O2/c1-12-5-4-10-18-17(12)19-13(2)11-16(20)14-6-8-15(21-3)9-7-14/h4-11H,1-3H3,(H,18,19)/b13-11+. The number of carbonyl (C=O) groups is 1. The summed E-state index contributed by atoms with van der Waals surface area (Å²) in [5, 5.41) is 3.14. The summed E-state index contributed by atoms with van der Waals surface area (Å²) in [7, 11) is 1.60. The fourth-order valence-corrected chi connectivity index (χ4v) is 1.87. The third-order valence-corrected chi connectivity index (χ3v) is 3.05. The predicted molar refractivity (Wildman–Crippen MR) is 83.7 cm³/mol. The van der Waals surface area contributed by atoms with Crippen molar-refractivity contribution in [2.45, 2.75) is 13.8 Å². The average molecular weight is 282 g/mol. The number of aromatic nitrogens is 1. The lowest BCUT2D eigenvalue weighted by Crippen LogP contribution is -2.03. The molecule has 0 radical (unpaired) electrons. The Hall–Kier alpha value is -2.62. The largest absolute Gasteiger partial charge is 0.497 e. The minimum Gasteiger partial charge on any atom is -0.497 e. The smallest absolute Gasteiger partial charge is 0.187 e. The molecule has 4 heteroatoms. The van der Waals surface area contributed by atoms with Gasteiger partial charge in [0.2, 0.25) is 0 Å². The summed E-state index contributed by atoms with van der Waals surface area (Å²) >= 11 is 0. The Morgan fingerprint density at radius 1 is 1.24 bits per heavy atom. The molecular weight excluding hydrogens is 264 g/mol. The number of pyridine rings is 1. The predicted octanol–water partition coefficient (Wildman–Crippen LogP) is 3.60. The van der Waals surface area contributed by atoms with Crippen LogP contribution in [0.4, 0.5) is 5.82 Å². The molecular formula is C17H18N2O2. The summed E-state index contributed by atoms with van der Waals surface area (Å²) in [6.45, 7) is 3.81. The van der Waals surface area contributed by atoms with Crippen LogP contribution in [0.1, 0.15) is 22.8 Å². The third kappa shape index (κ3) is 3.92. The zero-order valence-corrected chi connectivity index (χ0v) is 12.4. The molecule has 0 aliphatic rings. The van der Waals surface area contributed by atoms with Crippen molar-refractivity contribution in [1.82, 2.24) is 4.98 Å². The first-order valence-corrected chi connectivity index (χ1v) is 6.65. The lowest BCUT2D eigenvalue weighted by atomic mass is 10.1. The van der Waals surface area contributed by atoms with E-state index in [1.807, 2.05) is 26.0 Å². The minimum atomic E-state index is -0.0590. The van der Waals surface area contributed by atoms with Gasteiger partial charge in [-0.2, -0.15) is 0 Å². The number of anilines is 1. The summed E-state index contributed by atoms with van der Waals surface area (Å²) in [6, 6.07) is 10.9. The number of ketones is 1. The van der Waals surface area contributed by atoms with E-state index in [9.17, 15) is 4.79 Å². The number of ether oxygens (including phenoxy) is 1. The first-order chi connectivity index (χ1) is 10.1. The van der Waals surface area contributed by atoms with Gasteiger partial charge in [0.1, 0.15) is 11.6 Å². The van der Waals surface area contributed by atoms with Crippen molar-refractivity contribution in [1.29, 1.82) is 0 Å². The molecule has 1 aromatic heterocycles. The minimum absolute atomic E-state index is 0.0590. The van der Waals surface area contributed by atoms with E-state index in [0.29, 0.717) is 5.56 Å². The Labute approximate surface area is 124 Å². The van der Waals surface area contributed by atoms with Gasteiger partial charge in [-0.1, -0.05) is 6.07 Å². The van der Waals surface area contributed by atoms with Crippen molar-refractivity contribution in [2.24, 2.45) is 0 Å². The summed E-state index contributed by atoms with van der Waals surface area (Å²) < 4.78 is 5.07. The van der Waals surface area contributed by atoms with E-state index in [1.54, 1.807) is 43.6 Å². The molecule has 2 rings (SSSR count). The van der Waals surface area contributed by atoms with Crippen LogP contribution in [0.2, 0.25) is 0 Å². The van der Waals surface area contributed by atoms with E-state index < -0.39 is 0 Å². The lowest BCUT2D eigenvalue weighted by molar-refractivity contribution is 0.104. The van der Waals surface area contributed by atoms with Gasteiger partial charge in [0, 0.05) is 23.5 Å². The molecule has 0 atom stereocenters. The van der Waals surface area contributed by atoms with Gasteiger partial charge in [-0.25, -0.2) is 4.98 Å². The van der Waals surface area contributed by atoms with Gasteiger partial charge in [-0.3, -0.25) is 4.79 Å². The maximum atomic E-state index is 12.2. The van der Waals surface area contributed by atoms with Crippen LogP contribution in [0.15, 0.2) is 54.4 Å². The monoisotopic (exact) mass is 282 g/mol. The van der Waals surface area contributed by atoms with E-state index >= 15 is 0 Å². The van der Waals surface area contributed by atoms with E-state index in [-0.39, 0.29) is 5.78 Å². The Morgan fingerprint density at radius 3 is 2.57 bits per heavy atom. The number of hydrogen-bond acceptors (Lipinski definition) is 4. The molecule has 1 N–H and O–H groups in total. The number of hydrogen-bond donors (Lipinski definition) is 1. The number of allylic oxidation sites excluding steroid dienone is 2. The lowest BCUT2D eigenvalue weighted by Gasteiger charge is -2.08. The van der Waals surface area contributed by atoms with Crippen molar-refractivity contribution in [2.75, 3.05) is 12.4 Å². The highest BCUT2D eigenvalue weighted by Gasteiger charge is 2.05. The normalized spacial score (nSPS) is 11.1. The molecule has 0 amide bonds. The maximum Gasteiger partial charge on any atom is 0.187 e. The van der Waals surface area contributed by atoms with Crippen LogP contribution < -0.4 is 10.1 Å². The molecule has 0 bridgehead atoms. The Bertz CT molecular complexity index is 661.